The van der Waals surface area contributed by atoms with Crippen LogP contribution in [0.25, 0.3) is 0 Å². The number of hydrogen-bond acceptors (Lipinski definition) is 6. The molecule has 98 valence electrons. The number of pyridine rings is 1. The largest absolute Gasteiger partial charge is 0.409 e. The Bertz CT molecular complexity index is 464. The van der Waals surface area contributed by atoms with Crippen LogP contribution in [0.3, 0.4) is 0 Å². The summed E-state index contributed by atoms with van der Waals surface area (Å²) < 4.78 is 0. The molecule has 0 aliphatic rings. The van der Waals surface area contributed by atoms with Gasteiger partial charge in [0.1, 0.15) is 11.2 Å². The number of thioether (sulfide) groups is 1. The third-order valence-electron chi connectivity index (χ3n) is 2.17. The van der Waals surface area contributed by atoms with Crippen LogP contribution in [0.5, 0.6) is 0 Å². The highest BCUT2D eigenvalue weighted by Gasteiger charge is 2.15. The number of nitrogens with zero attached hydrogens (tertiary/aromatic N) is 3. The Balaban J connectivity index is 3.05. The molecule has 0 aliphatic heterocycles. The minimum atomic E-state index is -0.568. The van der Waals surface area contributed by atoms with Gasteiger partial charge in [-0.2, -0.15) is 0 Å². The molecule has 0 unspecified atom stereocenters. The van der Waals surface area contributed by atoms with Crippen molar-refractivity contribution in [1.82, 2.24) is 4.98 Å². The predicted octanol–water partition coefficient (Wildman–Crippen LogP) is 1.98. The van der Waals surface area contributed by atoms with Gasteiger partial charge in [-0.25, -0.2) is 4.98 Å². The quantitative estimate of drug-likeness (QED) is 0.155. The van der Waals surface area contributed by atoms with Gasteiger partial charge in [-0.3, -0.25) is 10.1 Å². The Morgan fingerprint density at radius 2 is 2.44 bits per heavy atom. The molecule has 0 fully saturated rings. The third-order valence-corrected chi connectivity index (χ3v) is 3.26. The second-order valence-electron chi connectivity index (χ2n) is 3.49. The fourth-order valence-electron chi connectivity index (χ4n) is 1.21. The Morgan fingerprint density at radius 3 is 3.00 bits per heavy atom. The van der Waals surface area contributed by atoms with E-state index >= 15 is 0 Å². The summed E-state index contributed by atoms with van der Waals surface area (Å²) in [5.74, 6) is 0.651. The van der Waals surface area contributed by atoms with Crippen LogP contribution in [0.1, 0.15) is 25.3 Å². The Hall–Kier alpha value is -1.83. The van der Waals surface area contributed by atoms with E-state index in [1.807, 2.05) is 0 Å². The highest BCUT2D eigenvalue weighted by Crippen LogP contribution is 2.24. The van der Waals surface area contributed by atoms with E-state index in [-0.39, 0.29) is 17.1 Å². The Morgan fingerprint density at radius 1 is 1.72 bits per heavy atom. The van der Waals surface area contributed by atoms with E-state index in [2.05, 4.69) is 17.1 Å². The molecular weight excluding hydrogens is 256 g/mol. The molecule has 0 saturated carbocycles. The zero-order valence-electron chi connectivity index (χ0n) is 9.87. The lowest BCUT2D eigenvalue weighted by atomic mass is 10.2. The molecule has 0 radical (unpaired) electrons. The first-order chi connectivity index (χ1) is 8.60. The number of amidine groups is 1. The van der Waals surface area contributed by atoms with E-state index < -0.39 is 4.92 Å². The fraction of sp³-hybridized carbons (Fsp3) is 0.400. The molecule has 3 N–H and O–H groups in total. The lowest BCUT2D eigenvalue weighted by molar-refractivity contribution is -0.385. The van der Waals surface area contributed by atoms with Crippen LogP contribution in [-0.2, 0) is 0 Å². The molecule has 1 aromatic rings. The molecular formula is C10H14N4O3S. The molecule has 1 rings (SSSR count). The summed E-state index contributed by atoms with van der Waals surface area (Å²) >= 11 is 1.43. The third kappa shape index (κ3) is 3.59. The lowest BCUT2D eigenvalue weighted by Crippen LogP contribution is -2.15. The standard InChI is InChI=1S/C10H14N4O3S/c1-2-3-4-18-10-8(9(11)13-15)5-7(6-12-10)14(16)17/h5-6,15H,2-4H2,1H3,(H2,11,13). The average Bonchev–Trinajstić information content (AvgIpc) is 2.38. The number of nitrogens with two attached hydrogens (primary N) is 1. The van der Waals surface area contributed by atoms with Crippen LogP contribution in [-0.4, -0.2) is 26.7 Å². The van der Waals surface area contributed by atoms with Crippen LogP contribution in [0.2, 0.25) is 0 Å². The van der Waals surface area contributed by atoms with Gasteiger partial charge in [0.25, 0.3) is 5.69 Å². The van der Waals surface area contributed by atoms with E-state index in [9.17, 15) is 10.1 Å². The molecule has 0 aromatic carbocycles. The molecule has 8 heteroatoms. The maximum absolute atomic E-state index is 10.7. The number of nitro groups is 1. The number of unbranched alkanes of at least 4 members (excludes halogenated alkanes) is 1. The first-order valence-corrected chi connectivity index (χ1v) is 6.33. The summed E-state index contributed by atoms with van der Waals surface area (Å²) in [5, 5.41) is 22.7. The summed E-state index contributed by atoms with van der Waals surface area (Å²) in [6, 6.07) is 1.26. The van der Waals surface area contributed by atoms with Gasteiger partial charge in [-0.05, 0) is 12.2 Å². The van der Waals surface area contributed by atoms with Gasteiger partial charge in [0.2, 0.25) is 0 Å². The van der Waals surface area contributed by atoms with Crippen LogP contribution in [0.15, 0.2) is 22.4 Å². The van der Waals surface area contributed by atoms with Gasteiger partial charge in [-0.15, -0.1) is 11.8 Å². The van der Waals surface area contributed by atoms with Crippen molar-refractivity contribution in [2.24, 2.45) is 10.9 Å². The van der Waals surface area contributed by atoms with E-state index in [1.54, 1.807) is 0 Å². The summed E-state index contributed by atoms with van der Waals surface area (Å²) in [5.41, 5.74) is 5.59. The molecule has 0 atom stereocenters. The van der Waals surface area contributed by atoms with Crippen LogP contribution < -0.4 is 5.73 Å². The van der Waals surface area contributed by atoms with Gasteiger partial charge >= 0.3 is 0 Å². The minimum absolute atomic E-state index is 0.176. The number of aromatic nitrogens is 1. The Kier molecular flexibility index (Phi) is 5.37. The fourth-order valence-corrected chi connectivity index (χ4v) is 2.28. The van der Waals surface area contributed by atoms with E-state index in [0.29, 0.717) is 5.03 Å². The lowest BCUT2D eigenvalue weighted by Gasteiger charge is -2.06. The molecule has 1 heterocycles. The summed E-state index contributed by atoms with van der Waals surface area (Å²) in [7, 11) is 0. The zero-order chi connectivity index (χ0) is 13.5. The molecule has 7 nitrogen and oxygen atoms in total. The van der Waals surface area contributed by atoms with Crippen molar-refractivity contribution in [3.05, 3.63) is 27.9 Å². The molecule has 18 heavy (non-hydrogen) atoms. The average molecular weight is 270 g/mol. The van der Waals surface area contributed by atoms with Crippen molar-refractivity contribution in [3.63, 3.8) is 0 Å². The van der Waals surface area contributed by atoms with Crippen LogP contribution >= 0.6 is 11.8 Å². The molecule has 1 aromatic heterocycles. The molecule has 0 bridgehead atoms. The topological polar surface area (TPSA) is 115 Å². The first-order valence-electron chi connectivity index (χ1n) is 5.35. The van der Waals surface area contributed by atoms with Crippen molar-refractivity contribution >= 4 is 23.3 Å². The van der Waals surface area contributed by atoms with Crippen molar-refractivity contribution in [2.45, 2.75) is 24.8 Å². The smallest absolute Gasteiger partial charge is 0.288 e. The highest BCUT2D eigenvalue weighted by atomic mass is 32.2. The second-order valence-corrected chi connectivity index (χ2v) is 4.57. The van der Waals surface area contributed by atoms with Gasteiger partial charge < -0.3 is 10.9 Å². The number of hydrogen-bond donors (Lipinski definition) is 2. The van der Waals surface area contributed by atoms with Gasteiger partial charge in [0.05, 0.1) is 10.5 Å². The molecule has 0 spiro atoms. The van der Waals surface area contributed by atoms with Gasteiger partial charge in [-0.1, -0.05) is 18.5 Å². The minimum Gasteiger partial charge on any atom is -0.409 e. The van der Waals surface area contributed by atoms with Crippen LogP contribution in [0.4, 0.5) is 5.69 Å². The van der Waals surface area contributed by atoms with Crippen molar-refractivity contribution < 1.29 is 10.1 Å². The second kappa shape index (κ2) is 6.80. The number of oxime groups is 1. The monoisotopic (exact) mass is 270 g/mol. The molecule has 0 amide bonds. The van der Waals surface area contributed by atoms with E-state index in [1.165, 1.54) is 24.0 Å². The van der Waals surface area contributed by atoms with Crippen molar-refractivity contribution in [1.29, 1.82) is 0 Å². The maximum Gasteiger partial charge on any atom is 0.288 e. The molecule has 0 aliphatic carbocycles. The van der Waals surface area contributed by atoms with Gasteiger partial charge in [0.15, 0.2) is 5.84 Å². The summed E-state index contributed by atoms with van der Waals surface area (Å²) in [4.78, 5) is 14.1. The summed E-state index contributed by atoms with van der Waals surface area (Å²) in [6.07, 6.45) is 3.21. The maximum atomic E-state index is 10.7. The summed E-state index contributed by atoms with van der Waals surface area (Å²) in [6.45, 7) is 2.06. The van der Waals surface area contributed by atoms with E-state index in [4.69, 9.17) is 10.9 Å². The van der Waals surface area contributed by atoms with Gasteiger partial charge in [0, 0.05) is 6.07 Å². The van der Waals surface area contributed by atoms with Crippen molar-refractivity contribution in [3.8, 4) is 0 Å². The first kappa shape index (κ1) is 14.2. The highest BCUT2D eigenvalue weighted by molar-refractivity contribution is 7.99. The number of rotatable bonds is 6. The van der Waals surface area contributed by atoms with Crippen LogP contribution in [0, 0.1) is 10.1 Å². The molecule has 0 saturated heterocycles. The normalized spacial score (nSPS) is 11.5. The Labute approximate surface area is 108 Å². The van der Waals surface area contributed by atoms with Crippen molar-refractivity contribution in [2.75, 3.05) is 5.75 Å². The predicted molar refractivity (Wildman–Crippen MR) is 69.0 cm³/mol. The van der Waals surface area contributed by atoms with E-state index in [0.717, 1.165) is 18.6 Å². The SMILES string of the molecule is CCCCSc1ncc([N+](=O)[O-])cc1C(N)=NO. The zero-order valence-corrected chi connectivity index (χ0v) is 10.7.